The smallest absolute Gasteiger partial charge is 0.422 e. The van der Waals surface area contributed by atoms with Crippen molar-refractivity contribution in [1.29, 1.82) is 0 Å². The molecule has 2 nitrogen and oxygen atoms in total. The predicted octanol–water partition coefficient (Wildman–Crippen LogP) is 3.19. The normalized spacial score (nSPS) is 13.4. The van der Waals surface area contributed by atoms with E-state index >= 15 is 0 Å². The second kappa shape index (κ2) is 6.18. The van der Waals surface area contributed by atoms with Gasteiger partial charge in [-0.05, 0) is 30.5 Å². The van der Waals surface area contributed by atoms with Gasteiger partial charge in [0.25, 0.3) is 0 Å². The molecule has 2 N–H and O–H groups in total. The number of hydrogen-bond acceptors (Lipinski definition) is 2. The monoisotopic (exact) mass is 283 g/mol. The number of rotatable bonds is 5. The molecular weight excluding hydrogens is 269 g/mol. The van der Waals surface area contributed by atoms with Gasteiger partial charge >= 0.3 is 6.18 Å². The fourth-order valence-electron chi connectivity index (χ4n) is 1.47. The molecule has 0 aromatic heterocycles. The van der Waals surface area contributed by atoms with E-state index in [0.717, 1.165) is 12.1 Å². The molecule has 0 heterocycles. The van der Waals surface area contributed by atoms with Crippen LogP contribution in [0.3, 0.4) is 0 Å². The van der Waals surface area contributed by atoms with Crippen molar-refractivity contribution in [2.75, 3.05) is 6.61 Å². The van der Waals surface area contributed by atoms with E-state index in [9.17, 15) is 22.0 Å². The van der Waals surface area contributed by atoms with Gasteiger partial charge in [0.2, 0.25) is 0 Å². The van der Waals surface area contributed by atoms with Crippen LogP contribution in [0.1, 0.15) is 18.9 Å². The Labute approximate surface area is 107 Å². The standard InChI is InChI=1S/C12H14F5NO/c1-2-8(18)3-7-4-9(13)11(10(14)5-7)19-6-12(15,16)17/h4-5,8H,2-3,6,18H2,1H3. The summed E-state index contributed by atoms with van der Waals surface area (Å²) in [6, 6.07) is 1.61. The van der Waals surface area contributed by atoms with Crippen LogP contribution in [0.2, 0.25) is 0 Å². The van der Waals surface area contributed by atoms with Crippen molar-refractivity contribution in [3.05, 3.63) is 29.3 Å². The van der Waals surface area contributed by atoms with Gasteiger partial charge in [-0.3, -0.25) is 0 Å². The molecule has 1 aromatic rings. The number of ether oxygens (including phenoxy) is 1. The third-order valence-electron chi connectivity index (χ3n) is 2.46. The van der Waals surface area contributed by atoms with Crippen LogP contribution in [0.25, 0.3) is 0 Å². The molecule has 0 bridgehead atoms. The molecular formula is C12H14F5NO. The number of benzene rings is 1. The molecule has 1 rings (SSSR count). The Morgan fingerprint density at radius 1 is 1.21 bits per heavy atom. The highest BCUT2D eigenvalue weighted by Crippen LogP contribution is 2.26. The van der Waals surface area contributed by atoms with Crippen molar-refractivity contribution >= 4 is 0 Å². The van der Waals surface area contributed by atoms with Crippen molar-refractivity contribution < 1.29 is 26.7 Å². The molecule has 0 saturated carbocycles. The van der Waals surface area contributed by atoms with Gasteiger partial charge < -0.3 is 10.5 Å². The molecule has 0 aliphatic heterocycles. The van der Waals surface area contributed by atoms with Crippen molar-refractivity contribution in [1.82, 2.24) is 0 Å². The Morgan fingerprint density at radius 2 is 1.74 bits per heavy atom. The fraction of sp³-hybridized carbons (Fsp3) is 0.500. The molecule has 108 valence electrons. The first-order valence-corrected chi connectivity index (χ1v) is 5.66. The Balaban J connectivity index is 2.85. The Hall–Kier alpha value is -1.37. The minimum atomic E-state index is -4.65. The zero-order valence-electron chi connectivity index (χ0n) is 10.2. The van der Waals surface area contributed by atoms with Crippen molar-refractivity contribution in [2.24, 2.45) is 5.73 Å². The van der Waals surface area contributed by atoms with E-state index in [0.29, 0.717) is 6.42 Å². The molecule has 0 aliphatic carbocycles. The molecule has 1 unspecified atom stereocenters. The van der Waals surface area contributed by atoms with E-state index in [1.807, 2.05) is 6.92 Å². The van der Waals surface area contributed by atoms with Gasteiger partial charge in [0, 0.05) is 6.04 Å². The minimum Gasteiger partial charge on any atom is -0.478 e. The lowest BCUT2D eigenvalue weighted by Gasteiger charge is -2.13. The first-order valence-electron chi connectivity index (χ1n) is 5.66. The number of alkyl halides is 3. The average Bonchev–Trinajstić information content (AvgIpc) is 2.26. The zero-order valence-corrected chi connectivity index (χ0v) is 10.2. The van der Waals surface area contributed by atoms with E-state index in [4.69, 9.17) is 5.73 Å². The van der Waals surface area contributed by atoms with Crippen LogP contribution in [0.4, 0.5) is 22.0 Å². The van der Waals surface area contributed by atoms with Crippen molar-refractivity contribution in [3.8, 4) is 5.75 Å². The molecule has 7 heteroatoms. The highest BCUT2D eigenvalue weighted by molar-refractivity contribution is 5.31. The molecule has 19 heavy (non-hydrogen) atoms. The lowest BCUT2D eigenvalue weighted by atomic mass is 10.0. The van der Waals surface area contributed by atoms with Crippen LogP contribution >= 0.6 is 0 Å². The van der Waals surface area contributed by atoms with Crippen LogP contribution in [-0.4, -0.2) is 18.8 Å². The predicted molar refractivity (Wildman–Crippen MR) is 59.9 cm³/mol. The van der Waals surface area contributed by atoms with Crippen molar-refractivity contribution in [3.63, 3.8) is 0 Å². The molecule has 0 fully saturated rings. The van der Waals surface area contributed by atoms with Gasteiger partial charge in [-0.1, -0.05) is 6.92 Å². The van der Waals surface area contributed by atoms with Crippen molar-refractivity contribution in [2.45, 2.75) is 32.0 Å². The van der Waals surface area contributed by atoms with Gasteiger partial charge in [-0.25, -0.2) is 8.78 Å². The molecule has 1 atom stereocenters. The van der Waals surface area contributed by atoms with Crippen LogP contribution in [0.15, 0.2) is 12.1 Å². The van der Waals surface area contributed by atoms with Gasteiger partial charge in [0.1, 0.15) is 0 Å². The van der Waals surface area contributed by atoms with Crippen LogP contribution in [0.5, 0.6) is 5.75 Å². The minimum absolute atomic E-state index is 0.240. The van der Waals surface area contributed by atoms with E-state index in [1.54, 1.807) is 0 Å². The quantitative estimate of drug-likeness (QED) is 0.842. The van der Waals surface area contributed by atoms with Crippen LogP contribution < -0.4 is 10.5 Å². The molecule has 0 amide bonds. The molecule has 0 spiro atoms. The van der Waals surface area contributed by atoms with E-state index in [2.05, 4.69) is 4.74 Å². The second-order valence-electron chi connectivity index (χ2n) is 4.16. The second-order valence-corrected chi connectivity index (χ2v) is 4.16. The topological polar surface area (TPSA) is 35.2 Å². The Bertz CT molecular complexity index is 410. The average molecular weight is 283 g/mol. The number of halogens is 5. The van der Waals surface area contributed by atoms with Gasteiger partial charge in [0.15, 0.2) is 24.0 Å². The SMILES string of the molecule is CCC(N)Cc1cc(F)c(OCC(F)(F)F)c(F)c1. The maximum Gasteiger partial charge on any atom is 0.422 e. The van der Waals surface area contributed by atoms with Crippen LogP contribution in [0, 0.1) is 11.6 Å². The van der Waals surface area contributed by atoms with Gasteiger partial charge in [-0.15, -0.1) is 0 Å². The molecule has 0 aliphatic rings. The summed E-state index contributed by atoms with van der Waals surface area (Å²) < 4.78 is 66.8. The summed E-state index contributed by atoms with van der Waals surface area (Å²) in [7, 11) is 0. The van der Waals surface area contributed by atoms with Gasteiger partial charge in [0.05, 0.1) is 0 Å². The largest absolute Gasteiger partial charge is 0.478 e. The summed E-state index contributed by atoms with van der Waals surface area (Å²) in [5.41, 5.74) is 5.92. The highest BCUT2D eigenvalue weighted by Gasteiger charge is 2.29. The molecule has 0 radical (unpaired) electrons. The van der Waals surface area contributed by atoms with E-state index < -0.39 is 30.2 Å². The third kappa shape index (κ3) is 5.02. The van der Waals surface area contributed by atoms with Gasteiger partial charge in [-0.2, -0.15) is 13.2 Å². The summed E-state index contributed by atoms with van der Waals surface area (Å²) >= 11 is 0. The Kier molecular flexibility index (Phi) is 5.11. The maximum absolute atomic E-state index is 13.5. The molecule has 1 aromatic carbocycles. The first kappa shape index (κ1) is 15.7. The maximum atomic E-state index is 13.5. The number of hydrogen-bond donors (Lipinski definition) is 1. The Morgan fingerprint density at radius 3 is 2.16 bits per heavy atom. The van der Waals surface area contributed by atoms with E-state index in [-0.39, 0.29) is 18.0 Å². The van der Waals surface area contributed by atoms with Crippen LogP contribution in [-0.2, 0) is 6.42 Å². The zero-order chi connectivity index (χ0) is 14.6. The first-order chi connectivity index (χ1) is 8.73. The lowest BCUT2D eigenvalue weighted by Crippen LogP contribution is -2.22. The van der Waals surface area contributed by atoms with E-state index in [1.165, 1.54) is 0 Å². The summed E-state index contributed by atoms with van der Waals surface area (Å²) in [6.45, 7) is 0.0762. The lowest BCUT2D eigenvalue weighted by molar-refractivity contribution is -0.154. The summed E-state index contributed by atoms with van der Waals surface area (Å²) in [4.78, 5) is 0. The molecule has 0 saturated heterocycles. The summed E-state index contributed by atoms with van der Waals surface area (Å²) in [6.07, 6.45) is -3.79. The number of nitrogens with two attached hydrogens (primary N) is 1. The third-order valence-corrected chi connectivity index (χ3v) is 2.46. The summed E-state index contributed by atoms with van der Waals surface area (Å²) in [5, 5.41) is 0. The summed E-state index contributed by atoms with van der Waals surface area (Å²) in [5.74, 6) is -3.35. The highest BCUT2D eigenvalue weighted by atomic mass is 19.4. The fourth-order valence-corrected chi connectivity index (χ4v) is 1.47.